The first-order valence-electron chi connectivity index (χ1n) is 8.07. The van der Waals surface area contributed by atoms with Gasteiger partial charge in [0.05, 0.1) is 0 Å². The molecule has 10 heteroatoms. The van der Waals surface area contributed by atoms with Gasteiger partial charge in [-0.25, -0.2) is 24.0 Å². The van der Waals surface area contributed by atoms with Gasteiger partial charge in [0.25, 0.3) is 0 Å². The van der Waals surface area contributed by atoms with Gasteiger partial charge in [0.1, 0.15) is 0 Å². The van der Waals surface area contributed by atoms with Crippen LogP contribution in [-0.4, -0.2) is 41.8 Å². The molecule has 0 aliphatic rings. The molecule has 0 amide bonds. The monoisotopic (exact) mass is 361 g/mol. The number of isocyanates is 5. The zero-order chi connectivity index (χ0) is 19.7. The molecular formula is C16H19N5O5. The summed E-state index contributed by atoms with van der Waals surface area (Å²) in [4.78, 5) is 70.2. The van der Waals surface area contributed by atoms with Crippen LogP contribution in [-0.2, 0) is 24.0 Å². The Balaban J connectivity index is 5.75. The summed E-state index contributed by atoms with van der Waals surface area (Å²) in [7, 11) is 0. The predicted octanol–water partition coefficient (Wildman–Crippen LogP) is 2.16. The van der Waals surface area contributed by atoms with Crippen molar-refractivity contribution in [1.29, 1.82) is 0 Å². The lowest BCUT2D eigenvalue weighted by Gasteiger charge is -2.30. The lowest BCUT2D eigenvalue weighted by molar-refractivity contribution is 0.226. The fraction of sp³-hybridized carbons (Fsp3) is 0.688. The third-order valence-electron chi connectivity index (χ3n) is 3.73. The first-order valence-corrected chi connectivity index (χ1v) is 8.07. The molecular weight excluding hydrogens is 342 g/mol. The predicted molar refractivity (Wildman–Crippen MR) is 88.7 cm³/mol. The van der Waals surface area contributed by atoms with Gasteiger partial charge in [-0.1, -0.05) is 45.4 Å². The highest BCUT2D eigenvalue weighted by molar-refractivity contribution is 5.48. The fourth-order valence-electron chi connectivity index (χ4n) is 2.47. The van der Waals surface area contributed by atoms with E-state index in [4.69, 9.17) is 0 Å². The summed E-state index contributed by atoms with van der Waals surface area (Å²) in [5.74, 6) is -2.64. The van der Waals surface area contributed by atoms with Crippen molar-refractivity contribution < 1.29 is 24.0 Å². The number of hydrogen-bond donors (Lipinski definition) is 0. The molecule has 0 heterocycles. The van der Waals surface area contributed by atoms with E-state index in [1.807, 2.05) is 0 Å². The zero-order valence-electron chi connectivity index (χ0n) is 14.4. The third-order valence-corrected chi connectivity index (χ3v) is 3.73. The minimum atomic E-state index is -2.64. The van der Waals surface area contributed by atoms with Crippen molar-refractivity contribution in [3.63, 3.8) is 0 Å². The summed E-state index contributed by atoms with van der Waals surface area (Å²) < 4.78 is 0. The Morgan fingerprint density at radius 2 is 0.962 bits per heavy atom. The molecule has 0 unspecified atom stereocenters. The number of rotatable bonds is 14. The number of carbonyl (C=O) groups excluding carboxylic acids is 5. The lowest BCUT2D eigenvalue weighted by Crippen LogP contribution is -2.47. The summed E-state index contributed by atoms with van der Waals surface area (Å²) in [6.45, 7) is 2.09. The highest BCUT2D eigenvalue weighted by Crippen LogP contribution is 2.38. The normalized spacial score (nSPS) is 13.9. The number of nitrogens with zero attached hydrogens (tertiary/aromatic N) is 5. The van der Waals surface area contributed by atoms with E-state index in [9.17, 15) is 24.0 Å². The second-order valence-electron chi connectivity index (χ2n) is 5.34. The Hall–Kier alpha value is -3.10. The third kappa shape index (κ3) is 6.42. The Bertz CT molecular complexity index is 626. The van der Waals surface area contributed by atoms with Crippen molar-refractivity contribution in [1.82, 2.24) is 0 Å². The van der Waals surface area contributed by atoms with Gasteiger partial charge in [-0.05, 0) is 6.42 Å². The summed E-state index contributed by atoms with van der Waals surface area (Å²) in [6, 6.07) is 0. The smallest absolute Gasteiger partial charge is 0.211 e. The molecule has 0 radical (unpaired) electrons. The van der Waals surface area contributed by atoms with Crippen LogP contribution in [0.5, 0.6) is 0 Å². The molecule has 0 spiro atoms. The van der Waals surface area contributed by atoms with E-state index in [1.54, 1.807) is 0 Å². The second-order valence-corrected chi connectivity index (χ2v) is 5.34. The number of aliphatic imine (C=N–C) groups is 5. The molecule has 0 N–H and O–H groups in total. The molecule has 0 atom stereocenters. The van der Waals surface area contributed by atoms with E-state index in [2.05, 4.69) is 31.9 Å². The largest absolute Gasteiger partial charge is 0.324 e. The van der Waals surface area contributed by atoms with Gasteiger partial charge in [0, 0.05) is 6.42 Å². The van der Waals surface area contributed by atoms with Crippen molar-refractivity contribution in [2.24, 2.45) is 25.0 Å². The highest BCUT2D eigenvalue weighted by Gasteiger charge is 2.55. The fourth-order valence-corrected chi connectivity index (χ4v) is 2.47. The van der Waals surface area contributed by atoms with E-state index in [-0.39, 0.29) is 6.42 Å². The van der Waals surface area contributed by atoms with Gasteiger partial charge in [0.2, 0.25) is 36.1 Å². The molecule has 138 valence electrons. The van der Waals surface area contributed by atoms with Crippen molar-refractivity contribution in [3.05, 3.63) is 0 Å². The topological polar surface area (TPSA) is 147 Å². The lowest BCUT2D eigenvalue weighted by atomic mass is 9.94. The van der Waals surface area contributed by atoms with Gasteiger partial charge >= 0.3 is 5.79 Å². The minimum Gasteiger partial charge on any atom is -0.211 e. The molecule has 26 heavy (non-hydrogen) atoms. The molecule has 0 aliphatic carbocycles. The average Bonchev–Trinajstić information content (AvgIpc) is 2.61. The van der Waals surface area contributed by atoms with E-state index >= 15 is 0 Å². The molecule has 0 bridgehead atoms. The zero-order valence-corrected chi connectivity index (χ0v) is 14.4. The van der Waals surface area contributed by atoms with Crippen LogP contribution in [0.25, 0.3) is 0 Å². The summed E-state index contributed by atoms with van der Waals surface area (Å²) in [5.41, 5.74) is -2.27. The van der Waals surface area contributed by atoms with Gasteiger partial charge in [-0.2, -0.15) is 9.98 Å². The van der Waals surface area contributed by atoms with Crippen LogP contribution in [0.4, 0.5) is 0 Å². The molecule has 10 nitrogen and oxygen atoms in total. The number of unbranched alkanes of at least 4 members (excludes halogenated alkanes) is 6. The van der Waals surface area contributed by atoms with Crippen molar-refractivity contribution in [3.8, 4) is 0 Å². The number of hydrogen-bond acceptors (Lipinski definition) is 10. The molecule has 0 saturated carbocycles. The molecule has 0 aromatic rings. The second kappa shape index (κ2) is 13.2. The maximum absolute atomic E-state index is 10.9. The maximum atomic E-state index is 10.9. The van der Waals surface area contributed by atoms with Crippen molar-refractivity contribution in [2.75, 3.05) is 0 Å². The SMILES string of the molecule is CCCCCCCCCC(N=C=O)(N=C=O)C(N=C=O)(N=C=O)N=C=O. The highest BCUT2D eigenvalue weighted by atomic mass is 16.1. The van der Waals surface area contributed by atoms with E-state index in [0.717, 1.165) is 50.3 Å². The van der Waals surface area contributed by atoms with Gasteiger partial charge < -0.3 is 0 Å². The molecule has 0 aliphatic heterocycles. The first kappa shape index (κ1) is 22.9. The molecule has 0 aromatic carbocycles. The van der Waals surface area contributed by atoms with Crippen LogP contribution in [0.1, 0.15) is 58.3 Å². The van der Waals surface area contributed by atoms with Crippen LogP contribution in [0.15, 0.2) is 25.0 Å². The first-order chi connectivity index (χ1) is 12.6. The molecule has 0 fully saturated rings. The van der Waals surface area contributed by atoms with Crippen LogP contribution in [0, 0.1) is 0 Å². The van der Waals surface area contributed by atoms with Gasteiger partial charge in [-0.15, -0.1) is 15.0 Å². The van der Waals surface area contributed by atoms with Crippen LogP contribution >= 0.6 is 0 Å². The van der Waals surface area contributed by atoms with Gasteiger partial charge in [0.15, 0.2) is 0 Å². The Morgan fingerprint density at radius 3 is 1.35 bits per heavy atom. The molecule has 0 saturated heterocycles. The van der Waals surface area contributed by atoms with Crippen molar-refractivity contribution >= 4 is 30.4 Å². The Labute approximate surface area is 149 Å². The van der Waals surface area contributed by atoms with E-state index in [0.29, 0.717) is 12.8 Å². The average molecular weight is 361 g/mol. The summed E-state index contributed by atoms with van der Waals surface area (Å²) in [5, 5.41) is 0. The molecule has 0 rings (SSSR count). The van der Waals surface area contributed by atoms with E-state index < -0.39 is 11.4 Å². The van der Waals surface area contributed by atoms with Crippen molar-refractivity contribution in [2.45, 2.75) is 69.7 Å². The van der Waals surface area contributed by atoms with Gasteiger partial charge in [-0.3, -0.25) is 0 Å². The molecule has 0 aromatic heterocycles. The Kier molecular flexibility index (Phi) is 11.6. The van der Waals surface area contributed by atoms with Crippen LogP contribution in [0.3, 0.4) is 0 Å². The van der Waals surface area contributed by atoms with E-state index in [1.165, 1.54) is 12.2 Å². The summed E-state index contributed by atoms with van der Waals surface area (Å²) >= 11 is 0. The maximum Gasteiger partial charge on any atom is 0.324 e. The standard InChI is InChI=1S/C16H19N5O5/c1-2-3-4-5-6-7-8-9-15(17-10-22,18-11-23)16(19-12-24,20-13-25)21-14-26/h2-9H2,1H3. The quantitative estimate of drug-likeness (QED) is 0.264. The summed E-state index contributed by atoms with van der Waals surface area (Å²) in [6.07, 6.45) is 11.6. The van der Waals surface area contributed by atoms with Crippen LogP contribution in [0.2, 0.25) is 0 Å². The Morgan fingerprint density at radius 1 is 0.577 bits per heavy atom. The van der Waals surface area contributed by atoms with Crippen LogP contribution < -0.4 is 0 Å². The minimum absolute atomic E-state index is 0.174.